The zero-order valence-corrected chi connectivity index (χ0v) is 14.4. The van der Waals surface area contributed by atoms with Crippen molar-refractivity contribution in [3.05, 3.63) is 29.3 Å². The highest BCUT2D eigenvalue weighted by atomic mass is 16.1. The fraction of sp³-hybridized carbons (Fsp3) is 0.650. The Morgan fingerprint density at radius 3 is 2.35 bits per heavy atom. The number of carbonyl (C=O) groups excluding carboxylic acids is 1. The van der Waals surface area contributed by atoms with Crippen molar-refractivity contribution in [1.82, 2.24) is 0 Å². The van der Waals surface area contributed by atoms with Gasteiger partial charge in [-0.3, -0.25) is 4.79 Å². The molecule has 4 fully saturated rings. The minimum atomic E-state index is 0.148. The molecule has 1 aromatic carbocycles. The van der Waals surface area contributed by atoms with E-state index in [0.717, 1.165) is 29.0 Å². The first-order valence-electron chi connectivity index (χ1n) is 9.23. The van der Waals surface area contributed by atoms with Crippen molar-refractivity contribution in [3.63, 3.8) is 0 Å². The Bertz CT molecular complexity index is 587. The lowest BCUT2D eigenvalue weighted by Gasteiger charge is -2.54. The summed E-state index contributed by atoms with van der Waals surface area (Å²) in [5.74, 6) is 2.98. The molecule has 4 bridgehead atoms. The standard InChI is InChI=1S/C20H28N2O/c1-13-3-4-14(2)18(5-13)22-19(23)12-21-20-9-15-6-16(10-20)8-17(7-15)11-20/h3-5,15-17,21H,6-12H2,1-2H3,(H,22,23)/p+1. The maximum absolute atomic E-state index is 12.4. The van der Waals surface area contributed by atoms with Crippen LogP contribution >= 0.6 is 0 Å². The van der Waals surface area contributed by atoms with E-state index in [1.807, 2.05) is 0 Å². The summed E-state index contributed by atoms with van der Waals surface area (Å²) in [6.45, 7) is 4.69. The first-order valence-corrected chi connectivity index (χ1v) is 9.23. The molecule has 3 N–H and O–H groups in total. The van der Waals surface area contributed by atoms with Crippen molar-refractivity contribution in [2.24, 2.45) is 17.8 Å². The van der Waals surface area contributed by atoms with Gasteiger partial charge in [-0.25, -0.2) is 0 Å². The van der Waals surface area contributed by atoms with Gasteiger partial charge < -0.3 is 10.6 Å². The number of aryl methyl sites for hydroxylation is 2. The van der Waals surface area contributed by atoms with E-state index in [1.165, 1.54) is 44.1 Å². The predicted molar refractivity (Wildman–Crippen MR) is 92.2 cm³/mol. The summed E-state index contributed by atoms with van der Waals surface area (Å²) in [4.78, 5) is 12.4. The Balaban J connectivity index is 1.37. The Morgan fingerprint density at radius 2 is 1.74 bits per heavy atom. The molecular weight excluding hydrogens is 284 g/mol. The van der Waals surface area contributed by atoms with Gasteiger partial charge in [0.1, 0.15) is 0 Å². The zero-order chi connectivity index (χ0) is 16.0. The van der Waals surface area contributed by atoms with Crippen molar-refractivity contribution in [2.45, 2.75) is 57.9 Å². The second-order valence-electron chi connectivity index (χ2n) is 8.55. The second-order valence-corrected chi connectivity index (χ2v) is 8.55. The number of rotatable bonds is 4. The number of nitrogens with two attached hydrogens (primary N) is 1. The molecule has 4 saturated carbocycles. The van der Waals surface area contributed by atoms with E-state index in [-0.39, 0.29) is 5.91 Å². The zero-order valence-electron chi connectivity index (χ0n) is 14.4. The molecule has 4 aliphatic rings. The van der Waals surface area contributed by atoms with Crippen LogP contribution in [0.5, 0.6) is 0 Å². The van der Waals surface area contributed by atoms with Crippen LogP contribution in [-0.4, -0.2) is 18.0 Å². The van der Waals surface area contributed by atoms with Crippen LogP contribution in [0.2, 0.25) is 0 Å². The summed E-state index contributed by atoms with van der Waals surface area (Å²) in [6, 6.07) is 6.23. The molecule has 1 aromatic rings. The third kappa shape index (κ3) is 3.03. The summed E-state index contributed by atoms with van der Waals surface area (Å²) in [5, 5.41) is 5.50. The molecule has 0 aromatic heterocycles. The molecule has 0 saturated heterocycles. The molecule has 5 rings (SSSR count). The van der Waals surface area contributed by atoms with E-state index in [9.17, 15) is 4.79 Å². The van der Waals surface area contributed by atoms with Crippen LogP contribution in [0.15, 0.2) is 18.2 Å². The number of anilines is 1. The van der Waals surface area contributed by atoms with Crippen molar-refractivity contribution in [3.8, 4) is 0 Å². The number of amides is 1. The molecule has 4 aliphatic carbocycles. The van der Waals surface area contributed by atoms with Gasteiger partial charge in [-0.1, -0.05) is 12.1 Å². The summed E-state index contributed by atoms with van der Waals surface area (Å²) in [5.41, 5.74) is 3.68. The number of quaternary nitrogens is 1. The van der Waals surface area contributed by atoms with Crippen LogP contribution < -0.4 is 10.6 Å². The van der Waals surface area contributed by atoms with E-state index in [1.54, 1.807) is 0 Å². The fourth-order valence-corrected chi connectivity index (χ4v) is 5.81. The van der Waals surface area contributed by atoms with Crippen LogP contribution in [0.4, 0.5) is 5.69 Å². The molecule has 3 heteroatoms. The maximum atomic E-state index is 12.4. The molecule has 0 radical (unpaired) electrons. The summed E-state index contributed by atoms with van der Waals surface area (Å²) in [6.07, 6.45) is 8.41. The van der Waals surface area contributed by atoms with Crippen LogP contribution in [0, 0.1) is 31.6 Å². The van der Waals surface area contributed by atoms with Crippen LogP contribution in [0.25, 0.3) is 0 Å². The van der Waals surface area contributed by atoms with Gasteiger partial charge in [0.2, 0.25) is 0 Å². The van der Waals surface area contributed by atoms with E-state index >= 15 is 0 Å². The molecule has 3 nitrogen and oxygen atoms in total. The van der Waals surface area contributed by atoms with Crippen LogP contribution in [-0.2, 0) is 4.79 Å². The van der Waals surface area contributed by atoms with Crippen LogP contribution in [0.1, 0.15) is 49.7 Å². The van der Waals surface area contributed by atoms with E-state index in [2.05, 4.69) is 42.7 Å². The predicted octanol–water partition coefficient (Wildman–Crippen LogP) is 2.77. The summed E-state index contributed by atoms with van der Waals surface area (Å²) >= 11 is 0. The largest absolute Gasteiger partial charge is 0.334 e. The van der Waals surface area contributed by atoms with Gasteiger partial charge in [0, 0.05) is 24.9 Å². The Morgan fingerprint density at radius 1 is 1.13 bits per heavy atom. The molecule has 1 amide bonds. The number of benzene rings is 1. The van der Waals surface area contributed by atoms with Gasteiger partial charge in [0.15, 0.2) is 6.54 Å². The van der Waals surface area contributed by atoms with Crippen molar-refractivity contribution >= 4 is 11.6 Å². The lowest BCUT2D eigenvalue weighted by Crippen LogP contribution is -3.00. The van der Waals surface area contributed by atoms with E-state index in [4.69, 9.17) is 0 Å². The minimum absolute atomic E-state index is 0.148. The number of hydrogen-bond acceptors (Lipinski definition) is 1. The highest BCUT2D eigenvalue weighted by Gasteiger charge is 2.53. The lowest BCUT2D eigenvalue weighted by atomic mass is 9.53. The molecule has 0 spiro atoms. The third-order valence-corrected chi connectivity index (χ3v) is 6.47. The average molecular weight is 313 g/mol. The first kappa shape index (κ1) is 15.2. The van der Waals surface area contributed by atoms with Gasteiger partial charge in [-0.2, -0.15) is 0 Å². The Kier molecular flexibility index (Phi) is 3.72. The normalized spacial score (nSPS) is 34.6. The fourth-order valence-electron chi connectivity index (χ4n) is 5.81. The highest BCUT2D eigenvalue weighted by molar-refractivity contribution is 5.92. The van der Waals surface area contributed by atoms with Gasteiger partial charge in [-0.05, 0) is 68.1 Å². The van der Waals surface area contributed by atoms with Crippen LogP contribution in [0.3, 0.4) is 0 Å². The highest BCUT2D eigenvalue weighted by Crippen LogP contribution is 2.54. The molecule has 0 aliphatic heterocycles. The topological polar surface area (TPSA) is 45.7 Å². The average Bonchev–Trinajstić information content (AvgIpc) is 2.48. The van der Waals surface area contributed by atoms with E-state index < -0.39 is 0 Å². The second kappa shape index (κ2) is 5.62. The number of carbonyl (C=O) groups is 1. The SMILES string of the molecule is Cc1ccc(C)c(NC(=O)C[NH2+]C23CC4CC(CC(C4)C2)C3)c1. The molecule has 124 valence electrons. The quantitative estimate of drug-likeness (QED) is 0.882. The summed E-state index contributed by atoms with van der Waals surface area (Å²) < 4.78 is 0. The lowest BCUT2D eigenvalue weighted by molar-refractivity contribution is -0.729. The first-order chi connectivity index (χ1) is 11.0. The monoisotopic (exact) mass is 313 g/mol. The maximum Gasteiger partial charge on any atom is 0.279 e. The summed E-state index contributed by atoms with van der Waals surface area (Å²) in [7, 11) is 0. The number of hydrogen-bond donors (Lipinski definition) is 2. The smallest absolute Gasteiger partial charge is 0.279 e. The minimum Gasteiger partial charge on any atom is -0.334 e. The van der Waals surface area contributed by atoms with Gasteiger partial charge in [-0.15, -0.1) is 0 Å². The van der Waals surface area contributed by atoms with Gasteiger partial charge in [0.25, 0.3) is 5.91 Å². The van der Waals surface area contributed by atoms with Crippen molar-refractivity contribution in [2.75, 3.05) is 11.9 Å². The molecular formula is C20H29N2O+. The Hall–Kier alpha value is -1.35. The number of nitrogens with one attached hydrogen (secondary N) is 1. The van der Waals surface area contributed by atoms with Gasteiger partial charge >= 0.3 is 0 Å². The Labute approximate surface area is 139 Å². The molecule has 23 heavy (non-hydrogen) atoms. The van der Waals surface area contributed by atoms with Crippen molar-refractivity contribution in [1.29, 1.82) is 0 Å². The van der Waals surface area contributed by atoms with E-state index in [0.29, 0.717) is 12.1 Å². The molecule has 0 unspecified atom stereocenters. The molecule has 0 heterocycles. The molecule has 0 atom stereocenters. The van der Waals surface area contributed by atoms with Gasteiger partial charge in [0.05, 0.1) is 5.54 Å². The third-order valence-electron chi connectivity index (χ3n) is 6.47. The van der Waals surface area contributed by atoms with Crippen molar-refractivity contribution < 1.29 is 10.1 Å².